The van der Waals surface area contributed by atoms with Gasteiger partial charge in [-0.1, -0.05) is 55.5 Å². The van der Waals surface area contributed by atoms with E-state index in [0.717, 1.165) is 23.8 Å². The van der Waals surface area contributed by atoms with Crippen LogP contribution in [0.5, 0.6) is 0 Å². The molecule has 5 aromatic rings. The second-order valence-corrected chi connectivity index (χ2v) is 15.0. The molecule has 0 aliphatic carbocycles. The number of aryl methyl sites for hydroxylation is 2. The molecule has 1 aliphatic heterocycles. The molecule has 11 nitrogen and oxygen atoms in total. The first kappa shape index (κ1) is 46.0. The minimum Gasteiger partial charge on any atom is -0.481 e. The molecule has 3 heterocycles. The Morgan fingerprint density at radius 1 is 0.885 bits per heavy atom. The van der Waals surface area contributed by atoms with Gasteiger partial charge < -0.3 is 19.3 Å². The van der Waals surface area contributed by atoms with E-state index < -0.39 is 40.4 Å². The van der Waals surface area contributed by atoms with Gasteiger partial charge in [0.1, 0.15) is 23.6 Å². The zero-order valence-corrected chi connectivity index (χ0v) is 34.3. The van der Waals surface area contributed by atoms with Gasteiger partial charge in [-0.15, -0.1) is 0 Å². The van der Waals surface area contributed by atoms with Crippen molar-refractivity contribution in [3.63, 3.8) is 0 Å². The monoisotopic (exact) mass is 849 g/mol. The Hall–Kier alpha value is -6.03. The maximum atomic E-state index is 14.6. The van der Waals surface area contributed by atoms with E-state index in [1.807, 2.05) is 30.9 Å². The zero-order valence-electron chi connectivity index (χ0n) is 34.3. The number of hydrogen-bond donors (Lipinski definition) is 1. The topological polar surface area (TPSA) is 135 Å². The molecule has 0 saturated carbocycles. The molecule has 1 saturated heterocycles. The molecule has 1 amide bonds. The third-order valence-corrected chi connectivity index (χ3v) is 10.7. The highest BCUT2D eigenvalue weighted by Gasteiger charge is 2.40. The Morgan fingerprint density at radius 2 is 1.51 bits per heavy atom. The first-order valence-corrected chi connectivity index (χ1v) is 19.9. The Kier molecular flexibility index (Phi) is 15.1. The lowest BCUT2D eigenvalue weighted by Gasteiger charge is -2.44. The van der Waals surface area contributed by atoms with Crippen molar-refractivity contribution in [3.8, 4) is 11.1 Å². The summed E-state index contributed by atoms with van der Waals surface area (Å²) in [7, 11) is 0. The highest BCUT2D eigenvalue weighted by molar-refractivity contribution is 5.81. The van der Waals surface area contributed by atoms with Crippen molar-refractivity contribution in [1.82, 2.24) is 24.3 Å². The first-order valence-electron chi connectivity index (χ1n) is 19.9. The van der Waals surface area contributed by atoms with E-state index in [0.29, 0.717) is 37.1 Å². The number of likely N-dealkylation sites (tertiary alicyclic amines) is 1. The fourth-order valence-corrected chi connectivity index (χ4v) is 7.16. The number of esters is 1. The smallest absolute Gasteiger partial charge is 0.416 e. The van der Waals surface area contributed by atoms with E-state index in [1.165, 1.54) is 30.5 Å². The molecule has 1 N–H and O–H groups in total. The van der Waals surface area contributed by atoms with Crippen LogP contribution in [-0.2, 0) is 51.2 Å². The van der Waals surface area contributed by atoms with E-state index >= 15 is 0 Å². The average molecular weight is 850 g/mol. The van der Waals surface area contributed by atoms with Crippen molar-refractivity contribution in [3.05, 3.63) is 130 Å². The predicted molar refractivity (Wildman–Crippen MR) is 218 cm³/mol. The number of fused-ring (bicyclic) bond motifs is 1. The fourth-order valence-electron chi connectivity index (χ4n) is 7.16. The molecule has 0 unspecified atom stereocenters. The lowest BCUT2D eigenvalue weighted by molar-refractivity contribution is -0.157. The summed E-state index contributed by atoms with van der Waals surface area (Å²) in [6.07, 6.45) is -1.64. The number of carboxylic acids is 1. The number of piperidine rings is 1. The largest absolute Gasteiger partial charge is 0.481 e. The maximum absolute atomic E-state index is 14.6. The second-order valence-electron chi connectivity index (χ2n) is 15.0. The van der Waals surface area contributed by atoms with Crippen LogP contribution in [0, 0.1) is 11.6 Å². The average Bonchev–Trinajstić information content (AvgIpc) is 3.24. The fraction of sp³-hybridized carbons (Fsp3) is 0.378. The molecule has 16 heteroatoms. The number of hydrogen-bond acceptors (Lipinski definition) is 8. The van der Waals surface area contributed by atoms with Crippen LogP contribution in [0.25, 0.3) is 22.2 Å². The number of rotatable bonds is 13. The van der Waals surface area contributed by atoms with E-state index in [-0.39, 0.29) is 79.3 Å². The van der Waals surface area contributed by atoms with Crippen LogP contribution in [0.1, 0.15) is 69.5 Å². The highest BCUT2D eigenvalue weighted by Crippen LogP contribution is 2.32. The second kappa shape index (κ2) is 20.0. The van der Waals surface area contributed by atoms with Crippen molar-refractivity contribution in [2.75, 3.05) is 19.7 Å². The van der Waals surface area contributed by atoms with Crippen molar-refractivity contribution in [2.24, 2.45) is 0 Å². The molecular formula is C45H48F5N5O6. The number of aliphatic carboxylic acids is 1. The van der Waals surface area contributed by atoms with Crippen LogP contribution in [0.3, 0.4) is 0 Å². The van der Waals surface area contributed by atoms with E-state index in [9.17, 15) is 41.1 Å². The Bertz CT molecular complexity index is 2380. The predicted octanol–water partition coefficient (Wildman–Crippen LogP) is 7.86. The normalized spacial score (nSPS) is 13.7. The summed E-state index contributed by atoms with van der Waals surface area (Å²) < 4.78 is 75.0. The first-order chi connectivity index (χ1) is 28.9. The lowest BCUT2D eigenvalue weighted by atomic mass is 9.95. The standard InChI is InChI=1S/C42H42F5N5O4.C3H6O2/c1-4-56-40(55)41(2,3)50-23-20-32(21-24-50)51(25-27-10-12-28(13-11-27)29-14-17-31(18-15-29)42(45,46)47)36(53)26-52-35(19-16-30-7-5-9-34(43)37(30)44)49-39(54)33-8-6-22-48-38(33)52;1-2-3(4)5/h5-15,17-18,22,32H,4,16,19-21,23-26H2,1-3H3;2H2,1H3,(H,4,5). The molecule has 3 aromatic carbocycles. The van der Waals surface area contributed by atoms with Crippen LogP contribution in [0.4, 0.5) is 22.0 Å². The number of amides is 1. The number of ether oxygens (including phenoxy) is 1. The number of aromatic nitrogens is 3. The molecule has 0 atom stereocenters. The van der Waals surface area contributed by atoms with Crippen LogP contribution in [0.2, 0.25) is 0 Å². The van der Waals surface area contributed by atoms with Gasteiger partial charge in [0.05, 0.1) is 17.6 Å². The molecule has 0 radical (unpaired) electrons. The van der Waals surface area contributed by atoms with E-state index in [4.69, 9.17) is 9.84 Å². The number of carbonyl (C=O) groups is 3. The summed E-state index contributed by atoms with van der Waals surface area (Å²) in [4.78, 5) is 62.4. The molecule has 2 aromatic heterocycles. The van der Waals surface area contributed by atoms with Gasteiger partial charge in [-0.2, -0.15) is 18.2 Å². The van der Waals surface area contributed by atoms with Gasteiger partial charge in [-0.25, -0.2) is 13.8 Å². The van der Waals surface area contributed by atoms with Crippen molar-refractivity contribution in [2.45, 2.75) is 90.6 Å². The van der Waals surface area contributed by atoms with Gasteiger partial charge in [-0.3, -0.25) is 24.1 Å². The van der Waals surface area contributed by atoms with Crippen LogP contribution in [-0.4, -0.2) is 78.6 Å². The van der Waals surface area contributed by atoms with Crippen molar-refractivity contribution >= 4 is 28.9 Å². The molecule has 1 aliphatic rings. The van der Waals surface area contributed by atoms with Crippen LogP contribution >= 0.6 is 0 Å². The number of halogens is 5. The molecule has 0 spiro atoms. The minimum absolute atomic E-state index is 0.00622. The van der Waals surface area contributed by atoms with Crippen molar-refractivity contribution < 1.29 is 46.2 Å². The van der Waals surface area contributed by atoms with Gasteiger partial charge in [-0.05, 0) is 92.6 Å². The highest BCUT2D eigenvalue weighted by atomic mass is 19.4. The minimum atomic E-state index is -4.45. The third-order valence-electron chi connectivity index (χ3n) is 10.7. The number of pyridine rings is 1. The number of carbonyl (C=O) groups excluding carboxylic acids is 2. The number of benzene rings is 3. The Balaban J connectivity index is 0.00000133. The van der Waals surface area contributed by atoms with E-state index in [2.05, 4.69) is 9.97 Å². The number of nitrogens with zero attached hydrogens (tertiary/aromatic N) is 5. The van der Waals surface area contributed by atoms with Gasteiger partial charge >= 0.3 is 18.1 Å². The van der Waals surface area contributed by atoms with E-state index in [1.54, 1.807) is 47.6 Å². The van der Waals surface area contributed by atoms with Gasteiger partial charge in [0.15, 0.2) is 11.6 Å². The molecular weight excluding hydrogens is 802 g/mol. The third kappa shape index (κ3) is 11.4. The lowest BCUT2D eigenvalue weighted by Crippen LogP contribution is -2.56. The summed E-state index contributed by atoms with van der Waals surface area (Å²) in [5.41, 5.74) is 0.204. The summed E-state index contributed by atoms with van der Waals surface area (Å²) in [5, 5.41) is 7.92. The number of alkyl halides is 3. The number of carboxylic acid groups (broad SMARTS) is 1. The Labute approximate surface area is 349 Å². The quantitative estimate of drug-likeness (QED) is 0.0929. The summed E-state index contributed by atoms with van der Waals surface area (Å²) in [6, 6.07) is 18.9. The summed E-state index contributed by atoms with van der Waals surface area (Å²) in [6.45, 7) is 8.14. The van der Waals surface area contributed by atoms with Crippen LogP contribution < -0.4 is 5.56 Å². The zero-order chi connectivity index (χ0) is 44.5. The van der Waals surface area contributed by atoms with Gasteiger partial charge in [0, 0.05) is 44.7 Å². The Morgan fingerprint density at radius 3 is 2.10 bits per heavy atom. The molecule has 6 rings (SSSR count). The summed E-state index contributed by atoms with van der Waals surface area (Å²) >= 11 is 0. The molecule has 324 valence electrons. The summed E-state index contributed by atoms with van der Waals surface area (Å²) in [5.74, 6) is -3.20. The molecule has 0 bridgehead atoms. The van der Waals surface area contributed by atoms with Crippen LogP contribution in [0.15, 0.2) is 89.9 Å². The van der Waals surface area contributed by atoms with Gasteiger partial charge in [0.2, 0.25) is 5.91 Å². The SMILES string of the molecule is CCC(=O)O.CCOC(=O)C(C)(C)N1CCC(N(Cc2ccc(-c3ccc(C(F)(F)F)cc3)cc2)C(=O)Cn2c(CCc3cccc(F)c3F)nc(=O)c3cccnc32)CC1. The van der Waals surface area contributed by atoms with Gasteiger partial charge in [0.25, 0.3) is 5.56 Å². The maximum Gasteiger partial charge on any atom is 0.416 e. The molecule has 1 fully saturated rings. The van der Waals surface area contributed by atoms with Crippen molar-refractivity contribution in [1.29, 1.82) is 0 Å². The molecule has 61 heavy (non-hydrogen) atoms.